The number of Topliss-reactive ketones (excluding diaryl/α,β-unsaturated/α-hetero) is 2. The number of carbonyl (C=O) groups is 6. The number of azo groups is 2. The maximum Gasteiger partial charge on any atom is 0.258 e. The molecular weight excluding hydrogens is 807 g/mol. The Bertz CT molecular complexity index is 2320. The molecule has 16 heteroatoms. The lowest BCUT2D eigenvalue weighted by Gasteiger charge is -2.20. The molecular formula is C44H40Cl2N8O6. The van der Waals surface area contributed by atoms with Crippen molar-refractivity contribution in [3.8, 4) is 0 Å². The van der Waals surface area contributed by atoms with Crippen LogP contribution in [0, 0.1) is 0 Å². The number of anilines is 4. The summed E-state index contributed by atoms with van der Waals surface area (Å²) in [6.45, 7) is 6.13. The van der Waals surface area contributed by atoms with Crippen LogP contribution in [0.2, 0.25) is 10.0 Å². The van der Waals surface area contributed by atoms with Gasteiger partial charge >= 0.3 is 0 Å². The molecule has 0 aliphatic rings. The Morgan fingerprint density at radius 3 is 1.22 bits per heavy atom. The fourth-order valence-electron chi connectivity index (χ4n) is 5.96. The highest BCUT2D eigenvalue weighted by atomic mass is 35.5. The van der Waals surface area contributed by atoms with Gasteiger partial charge in [0.15, 0.2) is 11.6 Å². The largest absolute Gasteiger partial charge is 0.323 e. The predicted octanol–water partition coefficient (Wildman–Crippen LogP) is 9.98. The van der Waals surface area contributed by atoms with E-state index in [4.69, 9.17) is 23.2 Å². The summed E-state index contributed by atoms with van der Waals surface area (Å²) in [7, 11) is 0. The molecule has 4 N–H and O–H groups in total. The topological polar surface area (TPSA) is 200 Å². The zero-order valence-corrected chi connectivity index (χ0v) is 34.5. The number of nitrogens with one attached hydrogen (secondary N) is 4. The third-order valence-electron chi connectivity index (χ3n) is 8.95. The Morgan fingerprint density at radius 2 is 0.883 bits per heavy atom. The Kier molecular flexibility index (Phi) is 15.2. The molecule has 0 bridgehead atoms. The number of hydrogen-bond donors (Lipinski definition) is 4. The smallest absolute Gasteiger partial charge is 0.258 e. The summed E-state index contributed by atoms with van der Waals surface area (Å²) in [5, 5.41) is 27.6. The van der Waals surface area contributed by atoms with Gasteiger partial charge in [0.2, 0.25) is 12.1 Å². The first-order valence-corrected chi connectivity index (χ1v) is 19.5. The van der Waals surface area contributed by atoms with Crippen molar-refractivity contribution >= 4 is 92.5 Å². The number of nitrogens with zero attached hydrogens (tertiary/aromatic N) is 4. The summed E-state index contributed by atoms with van der Waals surface area (Å²) >= 11 is 12.6. The molecule has 306 valence electrons. The minimum Gasteiger partial charge on any atom is -0.323 e. The first-order valence-electron chi connectivity index (χ1n) is 18.7. The Balaban J connectivity index is 1.30. The Hall–Kier alpha value is -6.90. The number of benzene rings is 5. The van der Waals surface area contributed by atoms with Gasteiger partial charge in [0.1, 0.15) is 0 Å². The maximum absolute atomic E-state index is 13.5. The van der Waals surface area contributed by atoms with Gasteiger partial charge in [0.05, 0.1) is 32.5 Å². The van der Waals surface area contributed by atoms with E-state index in [0.717, 1.165) is 0 Å². The number of ketones is 2. The van der Waals surface area contributed by atoms with E-state index in [0.29, 0.717) is 46.7 Å². The van der Waals surface area contributed by atoms with E-state index in [1.807, 2.05) is 26.0 Å². The third kappa shape index (κ3) is 11.4. The zero-order chi connectivity index (χ0) is 43.3. The number of amides is 4. The van der Waals surface area contributed by atoms with Gasteiger partial charge in [-0.15, -0.1) is 0 Å². The number of hydrogen-bond acceptors (Lipinski definition) is 10. The predicted molar refractivity (Wildman–Crippen MR) is 232 cm³/mol. The van der Waals surface area contributed by atoms with Crippen LogP contribution in [0.5, 0.6) is 0 Å². The summed E-state index contributed by atoms with van der Waals surface area (Å²) in [5.74, 6) is -3.64. The molecule has 0 aliphatic heterocycles. The molecule has 0 spiro atoms. The normalized spacial score (nSPS) is 12.1. The number of rotatable bonds is 16. The van der Waals surface area contributed by atoms with Gasteiger partial charge in [-0.05, 0) is 111 Å². The SMILES string of the molecule is CCc1c(NC(=O)C(N=Nc2ccc(Cl)c(C(=O)Nc3ccccc3)c2)C(C)=O)ccc(NC(=O)C(N=Nc2ccc(Cl)c(C(=O)Nc3ccccc3)c2)C(C)=O)c1CC. The van der Waals surface area contributed by atoms with Crippen LogP contribution in [0.1, 0.15) is 59.5 Å². The molecule has 0 saturated heterocycles. The van der Waals surface area contributed by atoms with Crippen LogP contribution in [0.25, 0.3) is 0 Å². The van der Waals surface area contributed by atoms with E-state index >= 15 is 0 Å². The first-order chi connectivity index (χ1) is 28.8. The summed E-state index contributed by atoms with van der Waals surface area (Å²) < 4.78 is 0. The van der Waals surface area contributed by atoms with Crippen LogP contribution >= 0.6 is 23.2 Å². The lowest BCUT2D eigenvalue weighted by atomic mass is 9.98. The lowest BCUT2D eigenvalue weighted by Crippen LogP contribution is -2.33. The van der Waals surface area contributed by atoms with Crippen LogP contribution in [-0.2, 0) is 32.0 Å². The Morgan fingerprint density at radius 1 is 0.517 bits per heavy atom. The van der Waals surface area contributed by atoms with Crippen LogP contribution in [-0.4, -0.2) is 47.3 Å². The first kappa shape index (κ1) is 44.2. The van der Waals surface area contributed by atoms with Crippen LogP contribution in [0.15, 0.2) is 130 Å². The van der Waals surface area contributed by atoms with Gasteiger partial charge in [0, 0.05) is 22.7 Å². The second kappa shape index (κ2) is 20.7. The van der Waals surface area contributed by atoms with E-state index in [1.165, 1.54) is 50.2 Å². The van der Waals surface area contributed by atoms with Crippen molar-refractivity contribution in [3.05, 3.63) is 141 Å². The summed E-state index contributed by atoms with van der Waals surface area (Å²) in [6.07, 6.45) is 0.833. The van der Waals surface area contributed by atoms with Crippen molar-refractivity contribution < 1.29 is 28.8 Å². The molecule has 0 saturated carbocycles. The molecule has 0 fully saturated rings. The summed E-state index contributed by atoms with van der Waals surface area (Å²) in [5.41, 5.74) is 3.82. The molecule has 14 nitrogen and oxygen atoms in total. The van der Waals surface area contributed by atoms with E-state index in [2.05, 4.69) is 41.7 Å². The van der Waals surface area contributed by atoms with Gasteiger partial charge < -0.3 is 21.3 Å². The fraction of sp³-hybridized carbons (Fsp3) is 0.182. The molecule has 4 amide bonds. The van der Waals surface area contributed by atoms with Crippen LogP contribution in [0.4, 0.5) is 34.1 Å². The molecule has 0 aliphatic carbocycles. The molecule has 2 atom stereocenters. The Labute approximate surface area is 355 Å². The van der Waals surface area contributed by atoms with Crippen molar-refractivity contribution in [2.24, 2.45) is 20.5 Å². The minimum absolute atomic E-state index is 0.117. The number of para-hydroxylation sites is 2. The highest BCUT2D eigenvalue weighted by Crippen LogP contribution is 2.30. The van der Waals surface area contributed by atoms with Crippen LogP contribution in [0.3, 0.4) is 0 Å². The second-order valence-corrected chi connectivity index (χ2v) is 14.0. The van der Waals surface area contributed by atoms with Crippen LogP contribution < -0.4 is 21.3 Å². The molecule has 5 rings (SSSR count). The molecule has 0 heterocycles. The third-order valence-corrected chi connectivity index (χ3v) is 9.61. The maximum atomic E-state index is 13.5. The standard InChI is InChI=1S/C44H40Cl2N8O6/c1-5-31-32(6-2)38(50-44(60)40(26(4)56)54-52-30-18-20-36(46)34(24-30)42(58)48-28-15-11-8-12-16-28)22-21-37(31)49-43(59)39(25(3)55)53-51-29-17-19-35(45)33(23-29)41(57)47-27-13-9-7-10-14-27/h7-24,39-40H,5-6H2,1-4H3,(H,47,57)(H,48,58)(H,49,59)(H,50,60). The van der Waals surface area contributed by atoms with Crippen molar-refractivity contribution in [1.82, 2.24) is 0 Å². The van der Waals surface area contributed by atoms with E-state index < -0.39 is 47.3 Å². The number of halogens is 2. The van der Waals surface area contributed by atoms with Crippen molar-refractivity contribution in [1.29, 1.82) is 0 Å². The molecule has 2 unspecified atom stereocenters. The highest BCUT2D eigenvalue weighted by molar-refractivity contribution is 6.35. The lowest BCUT2D eigenvalue weighted by molar-refractivity contribution is -0.127. The average Bonchev–Trinajstić information content (AvgIpc) is 3.22. The molecule has 0 aromatic heterocycles. The molecule has 60 heavy (non-hydrogen) atoms. The summed E-state index contributed by atoms with van der Waals surface area (Å²) in [4.78, 5) is 78.2. The van der Waals surface area contributed by atoms with E-state index in [1.54, 1.807) is 60.7 Å². The van der Waals surface area contributed by atoms with Crippen molar-refractivity contribution in [3.63, 3.8) is 0 Å². The minimum atomic E-state index is -1.53. The van der Waals surface area contributed by atoms with E-state index in [-0.39, 0.29) is 32.5 Å². The van der Waals surface area contributed by atoms with Gasteiger partial charge in [-0.2, -0.15) is 20.5 Å². The fourth-order valence-corrected chi connectivity index (χ4v) is 6.37. The molecule has 5 aromatic rings. The number of carbonyl (C=O) groups excluding carboxylic acids is 6. The quantitative estimate of drug-likeness (QED) is 0.0562. The van der Waals surface area contributed by atoms with Crippen molar-refractivity contribution in [2.45, 2.75) is 52.6 Å². The van der Waals surface area contributed by atoms with E-state index in [9.17, 15) is 28.8 Å². The van der Waals surface area contributed by atoms with Crippen molar-refractivity contribution in [2.75, 3.05) is 21.3 Å². The molecule has 5 aromatic carbocycles. The monoisotopic (exact) mass is 846 g/mol. The van der Waals surface area contributed by atoms with Gasteiger partial charge in [0.25, 0.3) is 23.6 Å². The van der Waals surface area contributed by atoms with Gasteiger partial charge in [-0.25, -0.2) is 0 Å². The van der Waals surface area contributed by atoms with Gasteiger partial charge in [-0.1, -0.05) is 73.4 Å². The average molecular weight is 848 g/mol. The van der Waals surface area contributed by atoms with Gasteiger partial charge in [-0.3, -0.25) is 28.8 Å². The highest BCUT2D eigenvalue weighted by Gasteiger charge is 2.27. The second-order valence-electron chi connectivity index (χ2n) is 13.2. The summed E-state index contributed by atoms with van der Waals surface area (Å²) in [6, 6.07) is 26.4. The molecule has 0 radical (unpaired) electrons. The zero-order valence-electron chi connectivity index (χ0n) is 33.0.